The summed E-state index contributed by atoms with van der Waals surface area (Å²) in [5.74, 6) is 0.548. The Balaban J connectivity index is 2.92. The number of ether oxygens (including phenoxy) is 1. The highest BCUT2D eigenvalue weighted by Gasteiger charge is 2.14. The number of benzene rings is 1. The predicted molar refractivity (Wildman–Crippen MR) is 81.7 cm³/mol. The van der Waals surface area contributed by atoms with Crippen LogP contribution in [0.4, 0.5) is 0 Å². The van der Waals surface area contributed by atoms with Gasteiger partial charge in [0.1, 0.15) is 0 Å². The quantitative estimate of drug-likeness (QED) is 0.794. The number of hydrogen-bond acceptors (Lipinski definition) is 4. The van der Waals surface area contributed by atoms with Crippen molar-refractivity contribution >= 4 is 21.8 Å². The highest BCUT2D eigenvalue weighted by atomic mass is 79.9. The number of phenols is 1. The number of rotatable bonds is 7. The first kappa shape index (κ1) is 16.8. The highest BCUT2D eigenvalue weighted by molar-refractivity contribution is 9.10. The van der Waals surface area contributed by atoms with Gasteiger partial charge in [-0.2, -0.15) is 0 Å². The summed E-state index contributed by atoms with van der Waals surface area (Å²) >= 11 is 3.29. The van der Waals surface area contributed by atoms with Gasteiger partial charge < -0.3 is 15.6 Å². The van der Waals surface area contributed by atoms with Crippen LogP contribution in [-0.4, -0.2) is 36.1 Å². The predicted octanol–water partition coefficient (Wildman–Crippen LogP) is 2.11. The second-order valence-corrected chi connectivity index (χ2v) is 6.01. The Labute approximate surface area is 127 Å². The molecule has 0 unspecified atom stereocenters. The maximum Gasteiger partial charge on any atom is 0.231 e. The molecule has 1 rings (SSSR count). The molecule has 5 nitrogen and oxygen atoms in total. The van der Waals surface area contributed by atoms with E-state index in [0.29, 0.717) is 22.7 Å². The van der Waals surface area contributed by atoms with E-state index in [9.17, 15) is 9.90 Å². The minimum Gasteiger partial charge on any atom is -0.503 e. The minimum atomic E-state index is -0.351. The average Bonchev–Trinajstić information content (AvgIpc) is 2.31. The van der Waals surface area contributed by atoms with Crippen LogP contribution in [0.25, 0.3) is 0 Å². The Morgan fingerprint density at radius 1 is 1.50 bits per heavy atom. The number of carbonyl (C=O) groups excluding carboxylic acids is 1. The Bertz CT molecular complexity index is 478. The molecule has 0 aliphatic rings. The Hall–Kier alpha value is -1.27. The van der Waals surface area contributed by atoms with Gasteiger partial charge in [-0.1, -0.05) is 13.8 Å². The van der Waals surface area contributed by atoms with Gasteiger partial charge >= 0.3 is 0 Å². The molecule has 0 radical (unpaired) electrons. The van der Waals surface area contributed by atoms with Gasteiger partial charge in [0, 0.05) is 13.1 Å². The van der Waals surface area contributed by atoms with Crippen LogP contribution in [0.2, 0.25) is 0 Å². The zero-order chi connectivity index (χ0) is 15.3. The molecule has 0 saturated carbocycles. The summed E-state index contributed by atoms with van der Waals surface area (Å²) in [6.07, 6.45) is 0. The molecule has 6 heteroatoms. The fraction of sp³-hybridized carbons (Fsp3) is 0.500. The molecule has 112 valence electrons. The third kappa shape index (κ3) is 5.02. The van der Waals surface area contributed by atoms with Crippen LogP contribution < -0.4 is 10.5 Å². The zero-order valence-electron chi connectivity index (χ0n) is 12.0. The van der Waals surface area contributed by atoms with E-state index in [0.717, 1.165) is 12.1 Å². The largest absolute Gasteiger partial charge is 0.503 e. The number of nitrogens with two attached hydrogens (primary N) is 1. The first-order valence-corrected chi connectivity index (χ1v) is 7.18. The molecule has 20 heavy (non-hydrogen) atoms. The first-order chi connectivity index (χ1) is 9.33. The number of nitrogens with zero attached hydrogens (tertiary/aromatic N) is 1. The van der Waals surface area contributed by atoms with E-state index in [1.807, 2.05) is 11.0 Å². The Morgan fingerprint density at radius 3 is 2.65 bits per heavy atom. The molecule has 0 atom stereocenters. The summed E-state index contributed by atoms with van der Waals surface area (Å²) in [6, 6.07) is 3.57. The maximum absolute atomic E-state index is 11.1. The number of carbonyl (C=O) groups is 1. The molecular formula is C14H21BrN2O3. The van der Waals surface area contributed by atoms with Gasteiger partial charge in [-0.3, -0.25) is 9.69 Å². The summed E-state index contributed by atoms with van der Waals surface area (Å²) in [6.45, 7) is 5.71. The van der Waals surface area contributed by atoms with Gasteiger partial charge in [0.05, 0.1) is 18.1 Å². The molecule has 0 fully saturated rings. The third-order valence-electron chi connectivity index (χ3n) is 2.72. The standard InChI is InChI=1S/C14H21BrN2O3/c1-9(2)6-17(8-13(16)18)7-10-4-11(15)14(19)12(5-10)20-3/h4-5,9,19H,6-8H2,1-3H3,(H2,16,18). The van der Waals surface area contributed by atoms with E-state index in [1.165, 1.54) is 7.11 Å². The molecule has 0 aromatic heterocycles. The van der Waals surface area contributed by atoms with Crippen molar-refractivity contribution in [1.29, 1.82) is 0 Å². The zero-order valence-corrected chi connectivity index (χ0v) is 13.6. The van der Waals surface area contributed by atoms with E-state index in [4.69, 9.17) is 10.5 Å². The van der Waals surface area contributed by atoms with Crippen LogP contribution in [-0.2, 0) is 11.3 Å². The number of aromatic hydroxyl groups is 1. The molecule has 0 bridgehead atoms. The second-order valence-electron chi connectivity index (χ2n) is 5.16. The topological polar surface area (TPSA) is 75.8 Å². The van der Waals surface area contributed by atoms with Crippen LogP contribution in [0.3, 0.4) is 0 Å². The fourth-order valence-corrected chi connectivity index (χ4v) is 2.54. The van der Waals surface area contributed by atoms with Crippen molar-refractivity contribution in [3.8, 4) is 11.5 Å². The van der Waals surface area contributed by atoms with Crippen molar-refractivity contribution in [2.75, 3.05) is 20.2 Å². The number of primary amides is 1. The fourth-order valence-electron chi connectivity index (χ4n) is 2.05. The van der Waals surface area contributed by atoms with E-state index in [1.54, 1.807) is 6.07 Å². The number of halogens is 1. The molecule has 0 aliphatic heterocycles. The molecule has 0 aliphatic carbocycles. The van der Waals surface area contributed by atoms with Crippen LogP contribution in [0.1, 0.15) is 19.4 Å². The number of methoxy groups -OCH3 is 1. The van der Waals surface area contributed by atoms with Crippen LogP contribution in [0.5, 0.6) is 11.5 Å². The number of phenolic OH excluding ortho intramolecular Hbond substituents is 1. The molecular weight excluding hydrogens is 324 g/mol. The molecule has 1 amide bonds. The Morgan fingerprint density at radius 2 is 2.15 bits per heavy atom. The van der Waals surface area contributed by atoms with Crippen molar-refractivity contribution < 1.29 is 14.6 Å². The van der Waals surface area contributed by atoms with Crippen molar-refractivity contribution in [3.05, 3.63) is 22.2 Å². The smallest absolute Gasteiger partial charge is 0.231 e. The monoisotopic (exact) mass is 344 g/mol. The number of amides is 1. The van der Waals surface area contributed by atoms with Crippen LogP contribution >= 0.6 is 15.9 Å². The minimum absolute atomic E-state index is 0.0709. The van der Waals surface area contributed by atoms with E-state index >= 15 is 0 Å². The first-order valence-electron chi connectivity index (χ1n) is 6.39. The lowest BCUT2D eigenvalue weighted by Gasteiger charge is -2.23. The van der Waals surface area contributed by atoms with Gasteiger partial charge in [0.2, 0.25) is 5.91 Å². The molecule has 0 saturated heterocycles. The summed E-state index contributed by atoms with van der Waals surface area (Å²) in [5.41, 5.74) is 6.22. The van der Waals surface area contributed by atoms with Crippen molar-refractivity contribution in [3.63, 3.8) is 0 Å². The molecule has 3 N–H and O–H groups in total. The second kappa shape index (κ2) is 7.50. The normalized spacial score (nSPS) is 11.1. The average molecular weight is 345 g/mol. The number of hydrogen-bond donors (Lipinski definition) is 2. The summed E-state index contributed by atoms with van der Waals surface area (Å²) in [7, 11) is 1.50. The molecule has 1 aromatic rings. The lowest BCUT2D eigenvalue weighted by atomic mass is 10.1. The Kier molecular flexibility index (Phi) is 6.29. The van der Waals surface area contributed by atoms with E-state index in [2.05, 4.69) is 29.8 Å². The lowest BCUT2D eigenvalue weighted by molar-refractivity contribution is -0.119. The van der Waals surface area contributed by atoms with Crippen LogP contribution in [0, 0.1) is 5.92 Å². The summed E-state index contributed by atoms with van der Waals surface area (Å²) in [5, 5.41) is 9.79. The third-order valence-corrected chi connectivity index (χ3v) is 3.32. The molecule has 1 aromatic carbocycles. The van der Waals surface area contributed by atoms with Gasteiger partial charge in [-0.25, -0.2) is 0 Å². The lowest BCUT2D eigenvalue weighted by Crippen LogP contribution is -2.35. The van der Waals surface area contributed by atoms with E-state index < -0.39 is 0 Å². The summed E-state index contributed by atoms with van der Waals surface area (Å²) in [4.78, 5) is 13.1. The van der Waals surface area contributed by atoms with E-state index in [-0.39, 0.29) is 18.2 Å². The SMILES string of the molecule is COc1cc(CN(CC(N)=O)CC(C)C)cc(Br)c1O. The van der Waals surface area contributed by atoms with Gasteiger partial charge in [-0.05, 0) is 39.5 Å². The maximum atomic E-state index is 11.1. The van der Waals surface area contributed by atoms with Crippen LogP contribution in [0.15, 0.2) is 16.6 Å². The van der Waals surface area contributed by atoms with Gasteiger partial charge in [-0.15, -0.1) is 0 Å². The highest BCUT2D eigenvalue weighted by Crippen LogP contribution is 2.35. The van der Waals surface area contributed by atoms with Crippen molar-refractivity contribution in [2.45, 2.75) is 20.4 Å². The van der Waals surface area contributed by atoms with Crippen molar-refractivity contribution in [1.82, 2.24) is 4.90 Å². The molecule has 0 heterocycles. The van der Waals surface area contributed by atoms with Gasteiger partial charge in [0.15, 0.2) is 11.5 Å². The van der Waals surface area contributed by atoms with Crippen molar-refractivity contribution in [2.24, 2.45) is 11.7 Å². The molecule has 0 spiro atoms. The van der Waals surface area contributed by atoms with Gasteiger partial charge in [0.25, 0.3) is 0 Å². The summed E-state index contributed by atoms with van der Waals surface area (Å²) < 4.78 is 5.69.